The Kier molecular flexibility index (Phi) is 3.99. The minimum atomic E-state index is 0.694. The number of rotatable bonds is 3. The van der Waals surface area contributed by atoms with Gasteiger partial charge in [0.2, 0.25) is 0 Å². The summed E-state index contributed by atoms with van der Waals surface area (Å²) in [4.78, 5) is 7.51. The Morgan fingerprint density at radius 1 is 1.10 bits per heavy atom. The molecule has 0 spiro atoms. The summed E-state index contributed by atoms with van der Waals surface area (Å²) in [7, 11) is 4.19. The monoisotopic (exact) mass is 273 g/mol. The number of fused-ring (bicyclic) bond motifs is 1. The number of benzene rings is 1. The van der Waals surface area contributed by atoms with Crippen LogP contribution in [0.1, 0.15) is 25.3 Å². The van der Waals surface area contributed by atoms with Gasteiger partial charge in [-0.25, -0.2) is 0 Å². The maximum absolute atomic E-state index is 2.69. The first-order chi connectivity index (χ1) is 9.65. The van der Waals surface area contributed by atoms with Crippen molar-refractivity contribution in [2.75, 3.05) is 38.6 Å². The fourth-order valence-corrected chi connectivity index (χ4v) is 3.74. The third-order valence-corrected chi connectivity index (χ3v) is 5.06. The molecule has 2 fully saturated rings. The Hall–Kier alpha value is -1.06. The molecule has 0 amide bonds. The lowest BCUT2D eigenvalue weighted by Crippen LogP contribution is -2.55. The van der Waals surface area contributed by atoms with E-state index in [1.165, 1.54) is 43.7 Å². The van der Waals surface area contributed by atoms with Gasteiger partial charge in [0.15, 0.2) is 0 Å². The van der Waals surface area contributed by atoms with Crippen molar-refractivity contribution < 1.29 is 0 Å². The first-order valence-electron chi connectivity index (χ1n) is 7.89. The summed E-state index contributed by atoms with van der Waals surface area (Å²) in [5.41, 5.74) is 2.72. The van der Waals surface area contributed by atoms with E-state index >= 15 is 0 Å². The van der Waals surface area contributed by atoms with Crippen LogP contribution in [-0.4, -0.2) is 55.6 Å². The average molecular weight is 273 g/mol. The zero-order valence-corrected chi connectivity index (χ0v) is 13.0. The molecule has 20 heavy (non-hydrogen) atoms. The fraction of sp³-hybridized carbons (Fsp3) is 0.647. The number of hydrogen-bond donors (Lipinski definition) is 0. The molecule has 0 saturated carbocycles. The highest BCUT2D eigenvalue weighted by Gasteiger charge is 2.36. The third-order valence-electron chi connectivity index (χ3n) is 5.06. The van der Waals surface area contributed by atoms with Gasteiger partial charge >= 0.3 is 0 Å². The maximum atomic E-state index is 2.69. The molecule has 0 aromatic heterocycles. The molecule has 0 aliphatic carbocycles. The average Bonchev–Trinajstić information content (AvgIpc) is 2.92. The third kappa shape index (κ3) is 2.70. The molecule has 2 aliphatic rings. The van der Waals surface area contributed by atoms with Crippen LogP contribution >= 0.6 is 0 Å². The van der Waals surface area contributed by atoms with Crippen molar-refractivity contribution in [2.24, 2.45) is 0 Å². The molecular formula is C17H27N3. The first kappa shape index (κ1) is 13.9. The van der Waals surface area contributed by atoms with Crippen molar-refractivity contribution in [1.82, 2.24) is 9.80 Å². The van der Waals surface area contributed by atoms with E-state index in [1.807, 2.05) is 0 Å². The molecule has 3 rings (SSSR count). The molecule has 110 valence electrons. The van der Waals surface area contributed by atoms with Crippen LogP contribution in [0.2, 0.25) is 0 Å². The highest BCUT2D eigenvalue weighted by molar-refractivity contribution is 5.45. The molecule has 3 nitrogen and oxygen atoms in total. The van der Waals surface area contributed by atoms with E-state index < -0.39 is 0 Å². The van der Waals surface area contributed by atoms with Gasteiger partial charge in [0, 0.05) is 51.5 Å². The molecule has 0 bridgehead atoms. The number of anilines is 1. The van der Waals surface area contributed by atoms with Crippen molar-refractivity contribution >= 4 is 5.69 Å². The van der Waals surface area contributed by atoms with Crippen LogP contribution in [-0.2, 0) is 6.54 Å². The van der Waals surface area contributed by atoms with Gasteiger partial charge < -0.3 is 4.90 Å². The molecule has 0 unspecified atom stereocenters. The number of nitrogens with zero attached hydrogens (tertiary/aromatic N) is 3. The van der Waals surface area contributed by atoms with E-state index in [0.717, 1.165) is 12.6 Å². The Morgan fingerprint density at radius 3 is 2.55 bits per heavy atom. The molecule has 1 aromatic rings. The smallest absolute Gasteiger partial charge is 0.0361 e. The van der Waals surface area contributed by atoms with Gasteiger partial charge in [0.25, 0.3) is 0 Å². The van der Waals surface area contributed by atoms with Crippen molar-refractivity contribution in [3.05, 3.63) is 29.8 Å². The van der Waals surface area contributed by atoms with Gasteiger partial charge in [-0.3, -0.25) is 9.80 Å². The predicted molar refractivity (Wildman–Crippen MR) is 85.2 cm³/mol. The first-order valence-corrected chi connectivity index (χ1v) is 7.89. The zero-order valence-electron chi connectivity index (χ0n) is 13.0. The van der Waals surface area contributed by atoms with E-state index in [9.17, 15) is 0 Å². The lowest BCUT2D eigenvalue weighted by Gasteiger charge is -2.43. The van der Waals surface area contributed by atoms with Crippen molar-refractivity contribution in [3.8, 4) is 0 Å². The highest BCUT2D eigenvalue weighted by atomic mass is 15.3. The van der Waals surface area contributed by atoms with Gasteiger partial charge in [-0.2, -0.15) is 0 Å². The van der Waals surface area contributed by atoms with E-state index in [4.69, 9.17) is 0 Å². The van der Waals surface area contributed by atoms with Crippen molar-refractivity contribution in [2.45, 2.75) is 38.4 Å². The second-order valence-corrected chi connectivity index (χ2v) is 6.52. The zero-order chi connectivity index (χ0) is 14.1. The van der Waals surface area contributed by atoms with Gasteiger partial charge in [0.05, 0.1) is 0 Å². The minimum absolute atomic E-state index is 0.694. The second kappa shape index (κ2) is 5.74. The number of hydrogen-bond acceptors (Lipinski definition) is 3. The Balaban J connectivity index is 1.65. The predicted octanol–water partition coefficient (Wildman–Crippen LogP) is 2.42. The Morgan fingerprint density at radius 2 is 1.85 bits per heavy atom. The van der Waals surface area contributed by atoms with Crippen LogP contribution < -0.4 is 4.90 Å². The summed E-state index contributed by atoms with van der Waals surface area (Å²) in [6.07, 6.45) is 2.78. The highest BCUT2D eigenvalue weighted by Crippen LogP contribution is 2.27. The van der Waals surface area contributed by atoms with E-state index in [-0.39, 0.29) is 0 Å². The van der Waals surface area contributed by atoms with E-state index in [0.29, 0.717) is 6.04 Å². The largest absolute Gasteiger partial charge is 0.378 e. The van der Waals surface area contributed by atoms with E-state index in [1.54, 1.807) is 0 Å². The molecule has 2 atom stereocenters. The second-order valence-electron chi connectivity index (χ2n) is 6.52. The Labute approximate surface area is 123 Å². The summed E-state index contributed by atoms with van der Waals surface area (Å²) < 4.78 is 0. The quantitative estimate of drug-likeness (QED) is 0.837. The summed E-state index contributed by atoms with van der Waals surface area (Å²) in [6.45, 7) is 7.30. The lowest BCUT2D eigenvalue weighted by molar-refractivity contribution is 0.0470. The summed E-state index contributed by atoms with van der Waals surface area (Å²) >= 11 is 0. The van der Waals surface area contributed by atoms with Gasteiger partial charge in [-0.1, -0.05) is 12.1 Å². The fourth-order valence-electron chi connectivity index (χ4n) is 3.74. The molecule has 2 heterocycles. The SMILES string of the molecule is C[C@@H]1[C@H]2CCCN2CCN1Cc1ccc(N(C)C)cc1. The topological polar surface area (TPSA) is 9.72 Å². The standard InChI is InChI=1S/C17H27N3/c1-14-17-5-4-10-19(17)11-12-20(14)13-15-6-8-16(9-7-15)18(2)3/h6-9,14,17H,4-5,10-13H2,1-3H3/t14-,17-/m1/s1. The molecular weight excluding hydrogens is 246 g/mol. The minimum Gasteiger partial charge on any atom is -0.378 e. The molecule has 0 radical (unpaired) electrons. The lowest BCUT2D eigenvalue weighted by atomic mass is 10.0. The molecule has 0 N–H and O–H groups in total. The van der Waals surface area contributed by atoms with Crippen LogP contribution in [0.4, 0.5) is 5.69 Å². The summed E-state index contributed by atoms with van der Waals surface area (Å²) in [5.74, 6) is 0. The van der Waals surface area contributed by atoms with Crippen molar-refractivity contribution in [1.29, 1.82) is 0 Å². The summed E-state index contributed by atoms with van der Waals surface area (Å²) in [5, 5.41) is 0. The van der Waals surface area contributed by atoms with Crippen LogP contribution in [0.15, 0.2) is 24.3 Å². The van der Waals surface area contributed by atoms with Crippen LogP contribution in [0.5, 0.6) is 0 Å². The van der Waals surface area contributed by atoms with Crippen LogP contribution in [0.3, 0.4) is 0 Å². The maximum Gasteiger partial charge on any atom is 0.0361 e. The van der Waals surface area contributed by atoms with Crippen LogP contribution in [0.25, 0.3) is 0 Å². The Bertz CT molecular complexity index is 440. The van der Waals surface area contributed by atoms with Gasteiger partial charge in [-0.05, 0) is 44.0 Å². The van der Waals surface area contributed by atoms with Crippen LogP contribution in [0, 0.1) is 0 Å². The molecule has 2 saturated heterocycles. The summed E-state index contributed by atoms with van der Waals surface area (Å²) in [6, 6.07) is 10.5. The molecule has 1 aromatic carbocycles. The normalized spacial score (nSPS) is 27.6. The molecule has 3 heteroatoms. The van der Waals surface area contributed by atoms with E-state index in [2.05, 4.69) is 60.0 Å². The molecule has 2 aliphatic heterocycles. The van der Waals surface area contributed by atoms with Crippen molar-refractivity contribution in [3.63, 3.8) is 0 Å². The number of piperazine rings is 1. The van der Waals surface area contributed by atoms with Gasteiger partial charge in [0.1, 0.15) is 0 Å². The van der Waals surface area contributed by atoms with Gasteiger partial charge in [-0.15, -0.1) is 0 Å².